The summed E-state index contributed by atoms with van der Waals surface area (Å²) >= 11 is 3.85. The van der Waals surface area contributed by atoms with E-state index >= 15 is 0 Å². The Bertz CT molecular complexity index is 2710. The van der Waals surface area contributed by atoms with Crippen LogP contribution in [-0.2, 0) is 0 Å². The predicted molar refractivity (Wildman–Crippen MR) is 196 cm³/mol. The lowest BCUT2D eigenvalue weighted by molar-refractivity contribution is 1.70. The number of hydrogen-bond donors (Lipinski definition) is 0. The minimum absolute atomic E-state index is 1.27. The minimum atomic E-state index is 1.27. The molecular formula is C42H24S2. The summed E-state index contributed by atoms with van der Waals surface area (Å²) in [4.78, 5) is 0. The molecule has 10 aromatic rings. The first-order valence-corrected chi connectivity index (χ1v) is 16.7. The van der Waals surface area contributed by atoms with E-state index in [1.54, 1.807) is 0 Å². The number of fused-ring (bicyclic) bond motifs is 9. The second kappa shape index (κ2) is 9.24. The van der Waals surface area contributed by atoms with Crippen LogP contribution in [0.3, 0.4) is 0 Å². The summed E-state index contributed by atoms with van der Waals surface area (Å²) in [6.45, 7) is 0. The third kappa shape index (κ3) is 3.33. The molecule has 0 atom stereocenters. The predicted octanol–water partition coefficient (Wildman–Crippen LogP) is 13.2. The minimum Gasteiger partial charge on any atom is -0.135 e. The van der Waals surface area contributed by atoms with E-state index in [1.165, 1.54) is 94.9 Å². The number of hydrogen-bond acceptors (Lipinski definition) is 2. The maximum atomic E-state index is 2.45. The van der Waals surface area contributed by atoms with Crippen molar-refractivity contribution in [3.05, 3.63) is 146 Å². The maximum absolute atomic E-state index is 2.45. The van der Waals surface area contributed by atoms with E-state index in [1.807, 2.05) is 22.7 Å². The molecule has 0 aliphatic carbocycles. The van der Waals surface area contributed by atoms with Crippen LogP contribution >= 0.6 is 22.7 Å². The zero-order valence-electron chi connectivity index (χ0n) is 23.7. The molecule has 10 rings (SSSR count). The first-order valence-electron chi connectivity index (χ1n) is 15.0. The Hall–Kier alpha value is -5.02. The molecule has 0 aliphatic rings. The van der Waals surface area contributed by atoms with Crippen LogP contribution in [0.25, 0.3) is 94.9 Å². The van der Waals surface area contributed by atoms with Crippen molar-refractivity contribution in [2.24, 2.45) is 0 Å². The second-order valence-corrected chi connectivity index (χ2v) is 13.7. The van der Waals surface area contributed by atoms with E-state index in [2.05, 4.69) is 146 Å². The first kappa shape index (κ1) is 24.4. The Morgan fingerprint density at radius 1 is 0.318 bits per heavy atom. The van der Waals surface area contributed by atoms with Crippen LogP contribution in [0.5, 0.6) is 0 Å². The summed E-state index contributed by atoms with van der Waals surface area (Å²) in [7, 11) is 0. The van der Waals surface area contributed by atoms with E-state index in [-0.39, 0.29) is 0 Å². The fourth-order valence-corrected chi connectivity index (χ4v) is 9.83. The fraction of sp³-hybridized carbons (Fsp3) is 0. The average molecular weight is 593 g/mol. The summed E-state index contributed by atoms with van der Waals surface area (Å²) in [5.74, 6) is 0. The van der Waals surface area contributed by atoms with Crippen LogP contribution in [0, 0.1) is 0 Å². The molecule has 0 N–H and O–H groups in total. The van der Waals surface area contributed by atoms with Crippen LogP contribution in [0.1, 0.15) is 0 Å². The summed E-state index contributed by atoms with van der Waals surface area (Å²) in [5.41, 5.74) is 5.30. The third-order valence-electron chi connectivity index (χ3n) is 9.25. The van der Waals surface area contributed by atoms with Crippen molar-refractivity contribution in [1.29, 1.82) is 0 Å². The average Bonchev–Trinajstić information content (AvgIpc) is 3.64. The van der Waals surface area contributed by atoms with Gasteiger partial charge in [-0.2, -0.15) is 0 Å². The maximum Gasteiger partial charge on any atom is 0.0441 e. The number of rotatable bonds is 2. The fourth-order valence-electron chi connectivity index (χ4n) is 7.43. The van der Waals surface area contributed by atoms with E-state index in [0.29, 0.717) is 0 Å². The van der Waals surface area contributed by atoms with Gasteiger partial charge in [-0.15, -0.1) is 22.7 Å². The molecule has 0 nitrogen and oxygen atoms in total. The molecule has 0 aliphatic heterocycles. The van der Waals surface area contributed by atoms with Crippen LogP contribution in [0.2, 0.25) is 0 Å². The molecule has 2 aromatic heterocycles. The molecule has 2 heterocycles. The molecule has 204 valence electrons. The summed E-state index contributed by atoms with van der Waals surface area (Å²) in [6, 6.07) is 54.0. The van der Waals surface area contributed by atoms with Crippen molar-refractivity contribution in [3.8, 4) is 22.3 Å². The van der Waals surface area contributed by atoms with Gasteiger partial charge in [0.15, 0.2) is 0 Å². The zero-order valence-corrected chi connectivity index (χ0v) is 25.3. The second-order valence-electron chi connectivity index (χ2n) is 11.6. The molecule has 0 radical (unpaired) electrons. The van der Waals surface area contributed by atoms with Gasteiger partial charge in [0, 0.05) is 45.9 Å². The molecule has 8 aromatic carbocycles. The van der Waals surface area contributed by atoms with E-state index < -0.39 is 0 Å². The van der Waals surface area contributed by atoms with Gasteiger partial charge in [-0.3, -0.25) is 0 Å². The Kier molecular flexibility index (Phi) is 5.13. The SMILES string of the molecule is c1ccc2c(-c3c4ccccc4c(-c4c5sc6ccccc6c5cc5sc6ccccc6c45)c4ccccc34)cccc2c1. The molecule has 0 unspecified atom stereocenters. The van der Waals surface area contributed by atoms with Crippen molar-refractivity contribution < 1.29 is 0 Å². The van der Waals surface area contributed by atoms with Crippen molar-refractivity contribution >= 4 is 95.3 Å². The van der Waals surface area contributed by atoms with Gasteiger partial charge in [-0.1, -0.05) is 127 Å². The lowest BCUT2D eigenvalue weighted by Gasteiger charge is -2.20. The van der Waals surface area contributed by atoms with Crippen molar-refractivity contribution in [2.75, 3.05) is 0 Å². The summed E-state index contributed by atoms with van der Waals surface area (Å²) in [5, 5.41) is 13.2. The number of benzene rings is 8. The van der Waals surface area contributed by atoms with Crippen LogP contribution < -0.4 is 0 Å². The lowest BCUT2D eigenvalue weighted by Crippen LogP contribution is -1.92. The van der Waals surface area contributed by atoms with Crippen LogP contribution in [0.4, 0.5) is 0 Å². The summed E-state index contributed by atoms with van der Waals surface area (Å²) in [6.07, 6.45) is 0. The normalized spacial score (nSPS) is 12.1. The van der Waals surface area contributed by atoms with Crippen LogP contribution in [-0.4, -0.2) is 0 Å². The topological polar surface area (TPSA) is 0 Å². The zero-order chi connectivity index (χ0) is 28.8. The molecule has 0 bridgehead atoms. The van der Waals surface area contributed by atoms with Gasteiger partial charge in [0.2, 0.25) is 0 Å². The highest BCUT2D eigenvalue weighted by atomic mass is 32.1. The largest absolute Gasteiger partial charge is 0.135 e. The molecule has 0 amide bonds. The van der Waals surface area contributed by atoms with Gasteiger partial charge in [-0.25, -0.2) is 0 Å². The van der Waals surface area contributed by atoms with Gasteiger partial charge in [0.25, 0.3) is 0 Å². The molecule has 0 saturated carbocycles. The molecule has 2 heteroatoms. The lowest BCUT2D eigenvalue weighted by atomic mass is 9.83. The molecule has 0 saturated heterocycles. The van der Waals surface area contributed by atoms with E-state index in [0.717, 1.165) is 0 Å². The highest BCUT2D eigenvalue weighted by Gasteiger charge is 2.24. The Balaban J connectivity index is 1.47. The first-order chi connectivity index (χ1) is 21.8. The molecule has 0 fully saturated rings. The van der Waals surface area contributed by atoms with Crippen molar-refractivity contribution in [1.82, 2.24) is 0 Å². The highest BCUT2D eigenvalue weighted by molar-refractivity contribution is 7.28. The highest BCUT2D eigenvalue weighted by Crippen LogP contribution is 2.53. The Morgan fingerprint density at radius 2 is 0.841 bits per heavy atom. The molecule has 0 spiro atoms. The molecule has 44 heavy (non-hydrogen) atoms. The van der Waals surface area contributed by atoms with Gasteiger partial charge in [0.05, 0.1) is 0 Å². The summed E-state index contributed by atoms with van der Waals surface area (Å²) < 4.78 is 5.40. The van der Waals surface area contributed by atoms with Gasteiger partial charge in [0.1, 0.15) is 0 Å². The van der Waals surface area contributed by atoms with Crippen LogP contribution in [0.15, 0.2) is 146 Å². The third-order valence-corrected chi connectivity index (χ3v) is 11.6. The Labute approximate surface area is 262 Å². The standard InChI is InChI=1S/C42H24S2/c1-2-14-26-25(12-1)13-11-21-28(26)38-29-16-3-5-18-31(29)39(32-19-6-4-17-30(32)38)41-40-33-20-8-10-23-36(33)43-37(40)24-34-27-15-7-9-22-35(27)44-42(34)41/h1-24H. The Morgan fingerprint density at radius 3 is 1.55 bits per heavy atom. The quantitative estimate of drug-likeness (QED) is 0.175. The smallest absolute Gasteiger partial charge is 0.0441 e. The molecular weight excluding hydrogens is 569 g/mol. The number of thiophene rings is 2. The van der Waals surface area contributed by atoms with Gasteiger partial charge < -0.3 is 0 Å². The van der Waals surface area contributed by atoms with Crippen molar-refractivity contribution in [2.45, 2.75) is 0 Å². The van der Waals surface area contributed by atoms with E-state index in [9.17, 15) is 0 Å². The van der Waals surface area contributed by atoms with Gasteiger partial charge in [-0.05, 0) is 67.2 Å². The van der Waals surface area contributed by atoms with Gasteiger partial charge >= 0.3 is 0 Å². The monoisotopic (exact) mass is 592 g/mol. The van der Waals surface area contributed by atoms with Crippen molar-refractivity contribution in [3.63, 3.8) is 0 Å². The van der Waals surface area contributed by atoms with E-state index in [4.69, 9.17) is 0 Å².